The molecular formula is C17H26ClN5O2. The molecule has 0 aromatic rings. The molecule has 0 bridgehead atoms. The van der Waals surface area contributed by atoms with Crippen molar-refractivity contribution in [1.29, 1.82) is 5.26 Å². The molecule has 8 heteroatoms. The third-order valence-electron chi connectivity index (χ3n) is 6.19. The summed E-state index contributed by atoms with van der Waals surface area (Å²) in [6, 6.07) is -0.204. The van der Waals surface area contributed by atoms with Crippen molar-refractivity contribution in [1.82, 2.24) is 20.2 Å². The summed E-state index contributed by atoms with van der Waals surface area (Å²) in [5.74, 6) is 0.598. The Labute approximate surface area is 153 Å². The van der Waals surface area contributed by atoms with Gasteiger partial charge < -0.3 is 9.80 Å². The smallest absolute Gasteiger partial charge is 0.243 e. The lowest BCUT2D eigenvalue weighted by Crippen LogP contribution is -2.66. The van der Waals surface area contributed by atoms with Gasteiger partial charge in [-0.15, -0.1) is 11.6 Å². The molecule has 0 radical (unpaired) electrons. The van der Waals surface area contributed by atoms with Gasteiger partial charge >= 0.3 is 0 Å². The molecule has 4 aliphatic rings. The number of hydroxylamine groups is 1. The fraction of sp³-hybridized carbons (Fsp3) is 0.882. The summed E-state index contributed by atoms with van der Waals surface area (Å²) in [5.41, 5.74) is 3.10. The molecule has 1 saturated carbocycles. The minimum Gasteiger partial charge on any atom is -0.322 e. The third-order valence-corrected chi connectivity index (χ3v) is 6.59. The Morgan fingerprint density at radius 2 is 2.04 bits per heavy atom. The lowest BCUT2D eigenvalue weighted by atomic mass is 9.83. The molecule has 3 saturated heterocycles. The minimum atomic E-state index is -0.204. The van der Waals surface area contributed by atoms with Crippen LogP contribution in [0.4, 0.5) is 0 Å². The van der Waals surface area contributed by atoms with Crippen molar-refractivity contribution < 1.29 is 9.63 Å². The summed E-state index contributed by atoms with van der Waals surface area (Å²) in [4.78, 5) is 24.6. The predicted molar refractivity (Wildman–Crippen MR) is 92.3 cm³/mol. The molecular weight excluding hydrogens is 342 g/mol. The van der Waals surface area contributed by atoms with E-state index in [-0.39, 0.29) is 29.6 Å². The van der Waals surface area contributed by atoms with Crippen LogP contribution in [-0.4, -0.2) is 77.0 Å². The number of hydrogen-bond donors (Lipinski definition) is 1. The van der Waals surface area contributed by atoms with Crippen molar-refractivity contribution >= 4 is 17.5 Å². The van der Waals surface area contributed by atoms with Gasteiger partial charge in [0.2, 0.25) is 5.91 Å². The van der Waals surface area contributed by atoms with Gasteiger partial charge in [-0.25, -0.2) is 0 Å². The fourth-order valence-electron chi connectivity index (χ4n) is 4.73. The highest BCUT2D eigenvalue weighted by Gasteiger charge is 2.44. The van der Waals surface area contributed by atoms with Crippen LogP contribution >= 0.6 is 11.6 Å². The van der Waals surface area contributed by atoms with Gasteiger partial charge in [-0.05, 0) is 25.2 Å². The summed E-state index contributed by atoms with van der Waals surface area (Å²) < 4.78 is 0. The number of rotatable bonds is 2. The number of halogens is 1. The summed E-state index contributed by atoms with van der Waals surface area (Å²) >= 11 is 6.32. The summed E-state index contributed by atoms with van der Waals surface area (Å²) in [6.07, 6.45) is 7.50. The fourth-order valence-corrected chi connectivity index (χ4v) is 5.11. The molecule has 3 heterocycles. The van der Waals surface area contributed by atoms with Crippen molar-refractivity contribution in [2.75, 3.05) is 32.7 Å². The van der Waals surface area contributed by atoms with Gasteiger partial charge in [0.1, 0.15) is 12.2 Å². The van der Waals surface area contributed by atoms with Crippen LogP contribution in [0.5, 0.6) is 0 Å². The molecule has 0 aromatic carbocycles. The summed E-state index contributed by atoms with van der Waals surface area (Å²) in [7, 11) is 0. The van der Waals surface area contributed by atoms with Crippen molar-refractivity contribution in [3.8, 4) is 6.19 Å². The van der Waals surface area contributed by atoms with E-state index in [4.69, 9.17) is 21.7 Å². The summed E-state index contributed by atoms with van der Waals surface area (Å²) in [5, 5.41) is 9.39. The molecule has 4 rings (SSSR count). The van der Waals surface area contributed by atoms with E-state index in [2.05, 4.69) is 16.6 Å². The van der Waals surface area contributed by atoms with Gasteiger partial charge in [0.05, 0.1) is 12.6 Å². The van der Waals surface area contributed by atoms with Gasteiger partial charge in [-0.2, -0.15) is 10.7 Å². The Balaban J connectivity index is 1.37. The Hall–Kier alpha value is -1.07. The Morgan fingerprint density at radius 1 is 1.20 bits per heavy atom. The van der Waals surface area contributed by atoms with E-state index in [9.17, 15) is 4.79 Å². The lowest BCUT2D eigenvalue weighted by molar-refractivity contribution is -0.149. The maximum absolute atomic E-state index is 13.0. The van der Waals surface area contributed by atoms with Crippen molar-refractivity contribution in [2.45, 2.75) is 55.8 Å². The maximum Gasteiger partial charge on any atom is 0.243 e. The number of amides is 1. The highest BCUT2D eigenvalue weighted by atomic mass is 35.5. The second-order valence-corrected chi connectivity index (χ2v) is 8.30. The zero-order chi connectivity index (χ0) is 17.4. The molecule has 25 heavy (non-hydrogen) atoms. The zero-order valence-corrected chi connectivity index (χ0v) is 15.2. The van der Waals surface area contributed by atoms with Crippen LogP contribution in [0.3, 0.4) is 0 Å². The van der Waals surface area contributed by atoms with Crippen LogP contribution in [0.25, 0.3) is 0 Å². The van der Waals surface area contributed by atoms with Crippen molar-refractivity contribution in [3.05, 3.63) is 0 Å². The van der Waals surface area contributed by atoms with Gasteiger partial charge in [0.15, 0.2) is 6.19 Å². The number of nitriles is 1. The first-order valence-corrected chi connectivity index (χ1v) is 9.84. The minimum absolute atomic E-state index is 0.0622. The average Bonchev–Trinajstić information content (AvgIpc) is 3.12. The first-order chi connectivity index (χ1) is 12.2. The standard InChI is InChI=1S/C17H26ClN5O2/c18-13-3-1-2-12(8-13)15-9-16(20-25-15)23-7-6-22-5-4-21(11-19)10-14(22)17(23)24/h12-16,20H,1-10H2/t12?,13?,14-,15?,16?/m1/s1. The molecule has 3 aliphatic heterocycles. The zero-order valence-electron chi connectivity index (χ0n) is 14.4. The van der Waals surface area contributed by atoms with Gasteiger partial charge in [-0.3, -0.25) is 14.5 Å². The molecule has 4 fully saturated rings. The van der Waals surface area contributed by atoms with Gasteiger partial charge in [-0.1, -0.05) is 6.42 Å². The largest absolute Gasteiger partial charge is 0.322 e. The van der Waals surface area contributed by atoms with Crippen LogP contribution in [0.1, 0.15) is 32.1 Å². The normalized spacial score (nSPS) is 40.0. The monoisotopic (exact) mass is 367 g/mol. The number of hydrogen-bond acceptors (Lipinski definition) is 6. The van der Waals surface area contributed by atoms with E-state index in [1.807, 2.05) is 4.90 Å². The first-order valence-electron chi connectivity index (χ1n) is 9.40. The van der Waals surface area contributed by atoms with E-state index in [1.54, 1.807) is 4.90 Å². The van der Waals surface area contributed by atoms with E-state index in [0.29, 0.717) is 19.0 Å². The van der Waals surface area contributed by atoms with Gasteiger partial charge in [0, 0.05) is 38.0 Å². The van der Waals surface area contributed by atoms with Crippen molar-refractivity contribution in [3.63, 3.8) is 0 Å². The Bertz CT molecular complexity index is 556. The molecule has 138 valence electrons. The number of carbonyl (C=O) groups is 1. The van der Waals surface area contributed by atoms with E-state index < -0.39 is 0 Å². The highest BCUT2D eigenvalue weighted by Crippen LogP contribution is 2.35. The number of alkyl halides is 1. The second-order valence-electron chi connectivity index (χ2n) is 7.68. The number of piperazine rings is 2. The first kappa shape index (κ1) is 17.3. The van der Waals surface area contributed by atoms with E-state index in [1.165, 1.54) is 0 Å². The molecule has 7 nitrogen and oxygen atoms in total. The highest BCUT2D eigenvalue weighted by molar-refractivity contribution is 6.20. The van der Waals surface area contributed by atoms with Crippen LogP contribution in [0.2, 0.25) is 0 Å². The molecule has 0 aromatic heterocycles. The molecule has 1 aliphatic carbocycles. The molecule has 1 N–H and O–H groups in total. The molecule has 4 unspecified atom stereocenters. The Kier molecular flexibility index (Phi) is 5.05. The molecule has 1 amide bonds. The van der Waals surface area contributed by atoms with E-state index in [0.717, 1.165) is 51.7 Å². The molecule has 0 spiro atoms. The predicted octanol–water partition coefficient (Wildman–Crippen LogP) is 0.713. The molecule has 5 atom stereocenters. The van der Waals surface area contributed by atoms with Crippen molar-refractivity contribution in [2.24, 2.45) is 5.92 Å². The van der Waals surface area contributed by atoms with Crippen LogP contribution in [-0.2, 0) is 9.63 Å². The van der Waals surface area contributed by atoms with Crippen LogP contribution in [0, 0.1) is 17.4 Å². The van der Waals surface area contributed by atoms with E-state index >= 15 is 0 Å². The quantitative estimate of drug-likeness (QED) is 0.572. The number of fused-ring (bicyclic) bond motifs is 1. The van der Waals surface area contributed by atoms with Crippen LogP contribution < -0.4 is 5.48 Å². The topological polar surface area (TPSA) is 71.8 Å². The maximum atomic E-state index is 13.0. The average molecular weight is 368 g/mol. The number of nitrogens with one attached hydrogen (secondary N) is 1. The Morgan fingerprint density at radius 3 is 2.84 bits per heavy atom. The lowest BCUT2D eigenvalue weighted by Gasteiger charge is -2.46. The summed E-state index contributed by atoms with van der Waals surface area (Å²) in [6.45, 7) is 3.59. The van der Waals surface area contributed by atoms with Gasteiger partial charge in [0.25, 0.3) is 0 Å². The number of nitrogens with zero attached hydrogens (tertiary/aromatic N) is 4. The SMILES string of the molecule is N#CN1CCN2CCN(C3CC(C4CCCC(Cl)C4)ON3)C(=O)[C@H]2C1. The number of carbonyl (C=O) groups excluding carboxylic acids is 1. The third kappa shape index (κ3) is 3.45. The van der Waals surface area contributed by atoms with Crippen LogP contribution in [0.15, 0.2) is 0 Å². The second kappa shape index (κ2) is 7.28.